The highest BCUT2D eigenvalue weighted by atomic mass is 14.9. The van der Waals surface area contributed by atoms with Gasteiger partial charge in [0.25, 0.3) is 0 Å². The molecule has 0 unspecified atom stereocenters. The predicted octanol–water partition coefficient (Wildman–Crippen LogP) is 1.73. The number of rotatable bonds is 3. The van der Waals surface area contributed by atoms with Gasteiger partial charge in [0.1, 0.15) is 5.82 Å². The second-order valence-electron chi connectivity index (χ2n) is 2.05. The topological polar surface area (TPSA) is 28.7 Å². The van der Waals surface area contributed by atoms with Crippen molar-refractivity contribution >= 4 is 0 Å². The molecule has 1 radical (unpaired) electrons. The van der Waals surface area contributed by atoms with Crippen molar-refractivity contribution in [1.82, 2.24) is 9.97 Å². The van der Waals surface area contributed by atoms with Crippen LogP contribution in [0.5, 0.6) is 0 Å². The minimum absolute atomic E-state index is 0.971. The Morgan fingerprint density at radius 1 is 1.70 bits per heavy atom. The first-order valence-electron chi connectivity index (χ1n) is 3.36. The first-order valence-corrected chi connectivity index (χ1v) is 3.36. The van der Waals surface area contributed by atoms with E-state index in [0.29, 0.717) is 0 Å². The van der Waals surface area contributed by atoms with Gasteiger partial charge in [0, 0.05) is 18.8 Å². The van der Waals surface area contributed by atoms with Crippen LogP contribution in [0, 0.1) is 6.92 Å². The molecule has 0 fully saturated rings. The number of nitrogens with zero attached hydrogens (tertiary/aromatic N) is 1. The second kappa shape index (κ2) is 3.88. The van der Waals surface area contributed by atoms with Crippen molar-refractivity contribution in [3.63, 3.8) is 0 Å². The zero-order chi connectivity index (χ0) is 7.23. The molecule has 2 heteroatoms. The van der Waals surface area contributed by atoms with Crippen LogP contribution in [0.15, 0.2) is 24.5 Å². The zero-order valence-electron chi connectivity index (χ0n) is 5.88. The number of hydrogen-bond acceptors (Lipinski definition) is 1. The highest BCUT2D eigenvalue weighted by molar-refractivity contribution is 4.91. The Hall–Kier alpha value is -1.05. The number of nitrogens with one attached hydrogen (secondary N) is 1. The number of aromatic amines is 1. The van der Waals surface area contributed by atoms with Gasteiger partial charge in [0.05, 0.1) is 0 Å². The van der Waals surface area contributed by atoms with Crippen LogP contribution in [0.3, 0.4) is 0 Å². The van der Waals surface area contributed by atoms with E-state index in [2.05, 4.69) is 16.9 Å². The zero-order valence-corrected chi connectivity index (χ0v) is 5.88. The molecule has 1 aromatic rings. The lowest BCUT2D eigenvalue weighted by molar-refractivity contribution is 0.910. The lowest BCUT2D eigenvalue weighted by Crippen LogP contribution is -1.84. The Morgan fingerprint density at radius 3 is 3.20 bits per heavy atom. The van der Waals surface area contributed by atoms with E-state index in [1.165, 1.54) is 0 Å². The standard InChI is InChI=1S/C8H11N2/c1-2-3-4-5-8-9-6-7-10-8/h2-3,6-7H,1,4-5H2,(H,9,10). The smallest absolute Gasteiger partial charge is 0.106 e. The number of H-pyrrole nitrogens is 1. The molecule has 0 amide bonds. The van der Waals surface area contributed by atoms with Crippen molar-refractivity contribution in [3.05, 3.63) is 37.3 Å². The molecule has 1 N–H and O–H groups in total. The number of aryl methyl sites for hydroxylation is 1. The van der Waals surface area contributed by atoms with Crippen LogP contribution in [0.25, 0.3) is 0 Å². The minimum atomic E-state index is 0.971. The van der Waals surface area contributed by atoms with Crippen molar-refractivity contribution in [2.75, 3.05) is 0 Å². The van der Waals surface area contributed by atoms with E-state index in [1.54, 1.807) is 6.20 Å². The van der Waals surface area contributed by atoms with Crippen molar-refractivity contribution in [3.8, 4) is 0 Å². The Balaban J connectivity index is 2.28. The Kier molecular flexibility index (Phi) is 2.74. The SMILES string of the molecule is [CH2]C=CCCc1ncc[nH]1. The first kappa shape index (κ1) is 7.06. The summed E-state index contributed by atoms with van der Waals surface area (Å²) in [4.78, 5) is 7.11. The van der Waals surface area contributed by atoms with Crippen molar-refractivity contribution < 1.29 is 0 Å². The van der Waals surface area contributed by atoms with Gasteiger partial charge in [-0.15, -0.1) is 0 Å². The Morgan fingerprint density at radius 2 is 2.60 bits per heavy atom. The summed E-state index contributed by atoms with van der Waals surface area (Å²) in [6, 6.07) is 0. The monoisotopic (exact) mass is 135 g/mol. The maximum absolute atomic E-state index is 4.08. The summed E-state index contributed by atoms with van der Waals surface area (Å²) in [5.41, 5.74) is 0. The van der Waals surface area contributed by atoms with Gasteiger partial charge in [0.2, 0.25) is 0 Å². The van der Waals surface area contributed by atoms with Crippen LogP contribution in [0.1, 0.15) is 12.2 Å². The first-order chi connectivity index (χ1) is 4.93. The molecule has 53 valence electrons. The van der Waals surface area contributed by atoms with E-state index in [-0.39, 0.29) is 0 Å². The van der Waals surface area contributed by atoms with Crippen LogP contribution < -0.4 is 0 Å². The molecule has 0 aromatic carbocycles. The van der Waals surface area contributed by atoms with Gasteiger partial charge in [-0.2, -0.15) is 0 Å². The molecule has 0 aliphatic carbocycles. The summed E-state index contributed by atoms with van der Waals surface area (Å²) >= 11 is 0. The molecule has 1 heterocycles. The molecule has 2 nitrogen and oxygen atoms in total. The van der Waals surface area contributed by atoms with Gasteiger partial charge < -0.3 is 4.98 Å². The van der Waals surface area contributed by atoms with E-state index in [0.717, 1.165) is 18.7 Å². The summed E-state index contributed by atoms with van der Waals surface area (Å²) in [5, 5.41) is 0. The normalized spacial score (nSPS) is 10.9. The molecule has 0 spiro atoms. The second-order valence-corrected chi connectivity index (χ2v) is 2.05. The fraction of sp³-hybridized carbons (Fsp3) is 0.250. The van der Waals surface area contributed by atoms with E-state index >= 15 is 0 Å². The van der Waals surface area contributed by atoms with Gasteiger partial charge in [-0.25, -0.2) is 4.98 Å². The number of imidazole rings is 1. The summed E-state index contributed by atoms with van der Waals surface area (Å²) in [6.45, 7) is 3.59. The van der Waals surface area contributed by atoms with E-state index in [9.17, 15) is 0 Å². The van der Waals surface area contributed by atoms with E-state index < -0.39 is 0 Å². The van der Waals surface area contributed by atoms with Crippen LogP contribution >= 0.6 is 0 Å². The predicted molar refractivity (Wildman–Crippen MR) is 41.4 cm³/mol. The Bertz CT molecular complexity index is 187. The number of hydrogen-bond donors (Lipinski definition) is 1. The third kappa shape index (κ3) is 2.05. The quantitative estimate of drug-likeness (QED) is 0.671. The van der Waals surface area contributed by atoms with Crippen molar-refractivity contribution in [2.45, 2.75) is 12.8 Å². The molecule has 0 atom stereocenters. The van der Waals surface area contributed by atoms with Crippen LogP contribution in [0.2, 0.25) is 0 Å². The van der Waals surface area contributed by atoms with E-state index in [4.69, 9.17) is 0 Å². The maximum atomic E-state index is 4.08. The third-order valence-corrected chi connectivity index (χ3v) is 1.27. The largest absolute Gasteiger partial charge is 0.349 e. The van der Waals surface area contributed by atoms with Crippen molar-refractivity contribution in [2.24, 2.45) is 0 Å². The summed E-state index contributed by atoms with van der Waals surface area (Å²) in [6.07, 6.45) is 9.42. The lowest BCUT2D eigenvalue weighted by atomic mass is 10.3. The molecule has 0 aliphatic rings. The van der Waals surface area contributed by atoms with Crippen molar-refractivity contribution in [1.29, 1.82) is 0 Å². The molecule has 1 rings (SSSR count). The third-order valence-electron chi connectivity index (χ3n) is 1.27. The molecule has 1 aromatic heterocycles. The van der Waals surface area contributed by atoms with E-state index in [1.807, 2.05) is 18.3 Å². The molecule has 0 saturated carbocycles. The summed E-state index contributed by atoms with van der Waals surface area (Å²) < 4.78 is 0. The van der Waals surface area contributed by atoms with Crippen LogP contribution in [-0.2, 0) is 6.42 Å². The average molecular weight is 135 g/mol. The summed E-state index contributed by atoms with van der Waals surface area (Å²) in [7, 11) is 0. The molecule has 10 heavy (non-hydrogen) atoms. The van der Waals surface area contributed by atoms with Crippen LogP contribution in [0.4, 0.5) is 0 Å². The summed E-state index contributed by atoms with van der Waals surface area (Å²) in [5.74, 6) is 1.04. The molecule has 0 aliphatic heterocycles. The highest BCUT2D eigenvalue weighted by Crippen LogP contribution is 1.94. The van der Waals surface area contributed by atoms with Crippen LogP contribution in [-0.4, -0.2) is 9.97 Å². The highest BCUT2D eigenvalue weighted by Gasteiger charge is 1.89. The number of aromatic nitrogens is 2. The molecule has 0 bridgehead atoms. The van der Waals surface area contributed by atoms with Gasteiger partial charge in [0.15, 0.2) is 0 Å². The average Bonchev–Trinajstić information content (AvgIpc) is 2.41. The fourth-order valence-electron chi connectivity index (χ4n) is 0.773. The van der Waals surface area contributed by atoms with Gasteiger partial charge in [-0.1, -0.05) is 12.2 Å². The Labute approximate surface area is 61.0 Å². The lowest BCUT2D eigenvalue weighted by Gasteiger charge is -1.88. The van der Waals surface area contributed by atoms with Gasteiger partial charge in [-0.3, -0.25) is 0 Å². The molecular formula is C8H11N2. The van der Waals surface area contributed by atoms with Gasteiger partial charge >= 0.3 is 0 Å². The minimum Gasteiger partial charge on any atom is -0.349 e. The van der Waals surface area contributed by atoms with Gasteiger partial charge in [-0.05, 0) is 13.3 Å². The molecule has 0 saturated heterocycles. The maximum Gasteiger partial charge on any atom is 0.106 e. The number of allylic oxidation sites excluding steroid dienone is 2. The molecular weight excluding hydrogens is 124 g/mol. The fourth-order valence-corrected chi connectivity index (χ4v) is 0.773.